The van der Waals surface area contributed by atoms with Crippen LogP contribution in [-0.4, -0.2) is 36.3 Å². The maximum absolute atomic E-state index is 12.4. The van der Waals surface area contributed by atoms with E-state index in [-0.39, 0.29) is 36.8 Å². The van der Waals surface area contributed by atoms with Gasteiger partial charge in [-0.25, -0.2) is 0 Å². The molecule has 4 N–H and O–H groups in total. The smallest absolute Gasteiger partial charge is 0.416 e. The molecule has 1 aromatic carbocycles. The molecule has 1 fully saturated rings. The molecule has 3 unspecified atom stereocenters. The number of carbonyl (C=O) groups excluding carboxylic acids is 1. The van der Waals surface area contributed by atoms with Crippen LogP contribution >= 0.6 is 0 Å². The molecule has 0 aromatic heterocycles. The van der Waals surface area contributed by atoms with Gasteiger partial charge >= 0.3 is 6.18 Å². The van der Waals surface area contributed by atoms with Crippen molar-refractivity contribution >= 4 is 5.91 Å². The fourth-order valence-corrected chi connectivity index (χ4v) is 2.61. The van der Waals surface area contributed by atoms with E-state index in [1.807, 2.05) is 0 Å². The zero-order chi connectivity index (χ0) is 17.7. The van der Waals surface area contributed by atoms with Crippen LogP contribution in [0.1, 0.15) is 24.8 Å². The van der Waals surface area contributed by atoms with Crippen molar-refractivity contribution in [1.82, 2.24) is 5.32 Å². The van der Waals surface area contributed by atoms with Crippen LogP contribution in [-0.2, 0) is 11.0 Å². The molecule has 134 valence electrons. The molecule has 8 heteroatoms. The molecule has 0 spiro atoms. The Morgan fingerprint density at radius 3 is 2.54 bits per heavy atom. The van der Waals surface area contributed by atoms with Crippen LogP contribution in [0.4, 0.5) is 13.2 Å². The summed E-state index contributed by atoms with van der Waals surface area (Å²) in [6.45, 7) is -0.110. The predicted molar refractivity (Wildman–Crippen MR) is 81.3 cm³/mol. The van der Waals surface area contributed by atoms with Crippen molar-refractivity contribution in [2.75, 3.05) is 13.2 Å². The molecular formula is C16H21F3N2O3. The number of halogens is 3. The molecule has 0 saturated heterocycles. The van der Waals surface area contributed by atoms with E-state index in [0.717, 1.165) is 25.0 Å². The number of aliphatic hydroxyl groups is 1. The SMILES string of the molecule is NC1CCC(C(=O)NCC(O)COc2ccc(C(F)(F)F)cc2)C1. The van der Waals surface area contributed by atoms with E-state index in [4.69, 9.17) is 10.5 Å². The lowest BCUT2D eigenvalue weighted by Crippen LogP contribution is -2.38. The number of benzene rings is 1. The van der Waals surface area contributed by atoms with Crippen molar-refractivity contribution < 1.29 is 27.8 Å². The highest BCUT2D eigenvalue weighted by Gasteiger charge is 2.30. The van der Waals surface area contributed by atoms with Crippen molar-refractivity contribution in [2.24, 2.45) is 11.7 Å². The average Bonchev–Trinajstić information content (AvgIpc) is 2.96. The van der Waals surface area contributed by atoms with Crippen molar-refractivity contribution in [3.8, 4) is 5.75 Å². The van der Waals surface area contributed by atoms with Crippen LogP contribution in [0.2, 0.25) is 0 Å². The molecule has 0 bridgehead atoms. The number of amides is 1. The summed E-state index contributed by atoms with van der Waals surface area (Å²) in [5.74, 6) is -0.0466. The van der Waals surface area contributed by atoms with Crippen LogP contribution in [0.5, 0.6) is 5.75 Å². The molecule has 3 atom stereocenters. The van der Waals surface area contributed by atoms with Crippen LogP contribution in [0.25, 0.3) is 0 Å². The first-order chi connectivity index (χ1) is 11.3. The minimum absolute atomic E-state index is 0.0191. The number of rotatable bonds is 6. The zero-order valence-electron chi connectivity index (χ0n) is 13.1. The predicted octanol–water partition coefficient (Wildman–Crippen LogP) is 1.69. The molecule has 1 saturated carbocycles. The minimum Gasteiger partial charge on any atom is -0.491 e. The van der Waals surface area contributed by atoms with Crippen LogP contribution in [0.3, 0.4) is 0 Å². The lowest BCUT2D eigenvalue weighted by molar-refractivity contribution is -0.137. The summed E-state index contributed by atoms with van der Waals surface area (Å²) in [5.41, 5.74) is 4.98. The summed E-state index contributed by atoms with van der Waals surface area (Å²) in [6.07, 6.45) is -3.15. The van der Waals surface area contributed by atoms with Gasteiger partial charge in [0.05, 0.1) is 5.56 Å². The van der Waals surface area contributed by atoms with E-state index in [1.54, 1.807) is 0 Å². The van der Waals surface area contributed by atoms with Gasteiger partial charge in [-0.1, -0.05) is 0 Å². The number of aliphatic hydroxyl groups excluding tert-OH is 1. The second-order valence-electron chi connectivity index (χ2n) is 6.00. The van der Waals surface area contributed by atoms with Gasteiger partial charge in [-0.2, -0.15) is 13.2 Å². The highest BCUT2D eigenvalue weighted by Crippen LogP contribution is 2.30. The summed E-state index contributed by atoms with van der Waals surface area (Å²) >= 11 is 0. The van der Waals surface area contributed by atoms with E-state index in [2.05, 4.69) is 5.32 Å². The van der Waals surface area contributed by atoms with Gasteiger partial charge in [-0.05, 0) is 43.5 Å². The number of ether oxygens (including phenoxy) is 1. The van der Waals surface area contributed by atoms with E-state index in [0.29, 0.717) is 6.42 Å². The van der Waals surface area contributed by atoms with Gasteiger partial charge in [0.15, 0.2) is 0 Å². The van der Waals surface area contributed by atoms with Gasteiger partial charge in [0.2, 0.25) is 5.91 Å². The van der Waals surface area contributed by atoms with Crippen molar-refractivity contribution in [3.05, 3.63) is 29.8 Å². The minimum atomic E-state index is -4.40. The third-order valence-corrected chi connectivity index (χ3v) is 3.98. The summed E-state index contributed by atoms with van der Waals surface area (Å²) in [4.78, 5) is 11.9. The Bertz CT molecular complexity index is 548. The molecule has 0 radical (unpaired) electrons. The summed E-state index contributed by atoms with van der Waals surface area (Å²) in [6, 6.07) is 4.25. The van der Waals surface area contributed by atoms with E-state index < -0.39 is 17.8 Å². The maximum atomic E-state index is 12.4. The van der Waals surface area contributed by atoms with Gasteiger partial charge in [0.1, 0.15) is 18.5 Å². The second kappa shape index (κ2) is 7.85. The van der Waals surface area contributed by atoms with Crippen molar-refractivity contribution in [3.63, 3.8) is 0 Å². The Hall–Kier alpha value is -1.80. The Kier molecular flexibility index (Phi) is 6.06. The molecule has 1 aliphatic rings. The Labute approximate surface area is 138 Å². The number of hydrogen-bond acceptors (Lipinski definition) is 4. The lowest BCUT2D eigenvalue weighted by Gasteiger charge is -2.15. The van der Waals surface area contributed by atoms with E-state index in [9.17, 15) is 23.1 Å². The second-order valence-corrected chi connectivity index (χ2v) is 6.00. The normalized spacial score (nSPS) is 22.2. The average molecular weight is 346 g/mol. The number of nitrogens with two attached hydrogens (primary N) is 1. The summed E-state index contributed by atoms with van der Waals surface area (Å²) in [7, 11) is 0. The standard InChI is InChI=1S/C16H21F3N2O3/c17-16(18,19)11-2-5-14(6-3-11)24-9-13(22)8-21-15(23)10-1-4-12(20)7-10/h2-3,5-6,10,12-13,22H,1,4,7-9,20H2,(H,21,23). The van der Waals surface area contributed by atoms with Gasteiger partial charge in [0, 0.05) is 18.5 Å². The van der Waals surface area contributed by atoms with Gasteiger partial charge in [-0.15, -0.1) is 0 Å². The fourth-order valence-electron chi connectivity index (χ4n) is 2.61. The van der Waals surface area contributed by atoms with Crippen molar-refractivity contribution in [1.29, 1.82) is 0 Å². The Balaban J connectivity index is 1.71. The zero-order valence-corrected chi connectivity index (χ0v) is 13.1. The van der Waals surface area contributed by atoms with Crippen LogP contribution < -0.4 is 15.8 Å². The van der Waals surface area contributed by atoms with Gasteiger partial charge < -0.3 is 20.9 Å². The van der Waals surface area contributed by atoms with Gasteiger partial charge in [0.25, 0.3) is 0 Å². The molecule has 24 heavy (non-hydrogen) atoms. The number of nitrogens with one attached hydrogen (secondary N) is 1. The quantitative estimate of drug-likeness (QED) is 0.732. The third kappa shape index (κ3) is 5.38. The molecule has 0 heterocycles. The molecule has 0 aliphatic heterocycles. The topological polar surface area (TPSA) is 84.6 Å². The maximum Gasteiger partial charge on any atom is 0.416 e. The van der Waals surface area contributed by atoms with E-state index in [1.165, 1.54) is 12.1 Å². The molecule has 1 aromatic rings. The van der Waals surface area contributed by atoms with E-state index >= 15 is 0 Å². The highest BCUT2D eigenvalue weighted by atomic mass is 19.4. The third-order valence-electron chi connectivity index (χ3n) is 3.98. The monoisotopic (exact) mass is 346 g/mol. The van der Waals surface area contributed by atoms with Crippen LogP contribution in [0.15, 0.2) is 24.3 Å². The Morgan fingerprint density at radius 2 is 2.00 bits per heavy atom. The highest BCUT2D eigenvalue weighted by molar-refractivity contribution is 5.79. The lowest BCUT2D eigenvalue weighted by atomic mass is 10.1. The summed E-state index contributed by atoms with van der Waals surface area (Å²) < 4.78 is 42.5. The summed E-state index contributed by atoms with van der Waals surface area (Å²) in [5, 5.41) is 12.4. The molecular weight excluding hydrogens is 325 g/mol. The number of carbonyl (C=O) groups is 1. The van der Waals surface area contributed by atoms with Gasteiger partial charge in [-0.3, -0.25) is 4.79 Å². The molecule has 1 aliphatic carbocycles. The number of hydrogen-bond donors (Lipinski definition) is 3. The number of alkyl halides is 3. The van der Waals surface area contributed by atoms with Crippen molar-refractivity contribution in [2.45, 2.75) is 37.6 Å². The Morgan fingerprint density at radius 1 is 1.33 bits per heavy atom. The molecule has 5 nitrogen and oxygen atoms in total. The first-order valence-corrected chi connectivity index (χ1v) is 7.77. The molecule has 1 amide bonds. The first kappa shape index (κ1) is 18.5. The van der Waals surface area contributed by atoms with Crippen LogP contribution in [0, 0.1) is 5.92 Å². The largest absolute Gasteiger partial charge is 0.491 e. The molecule has 2 rings (SSSR count). The fraction of sp³-hybridized carbons (Fsp3) is 0.562. The first-order valence-electron chi connectivity index (χ1n) is 7.77.